The van der Waals surface area contributed by atoms with Gasteiger partial charge in [-0.15, -0.1) is 0 Å². The molecule has 0 aromatic heterocycles. The molecule has 1 heterocycles. The summed E-state index contributed by atoms with van der Waals surface area (Å²) in [4.78, 5) is 24.9. The predicted molar refractivity (Wildman–Crippen MR) is 77.1 cm³/mol. The molecular formula is C14H18N2O4S. The zero-order valence-electron chi connectivity index (χ0n) is 12.5. The number of likely N-dealkylation sites (tertiary alicyclic amines) is 1. The number of hydrogen-bond acceptors (Lipinski definition) is 4. The Hall–Kier alpha value is -1.89. The van der Waals surface area contributed by atoms with Crippen LogP contribution in [0.15, 0.2) is 29.2 Å². The Labute approximate surface area is 124 Å². The van der Waals surface area contributed by atoms with Gasteiger partial charge < -0.3 is 0 Å². The summed E-state index contributed by atoms with van der Waals surface area (Å²) < 4.78 is 25.4. The van der Waals surface area contributed by atoms with Crippen molar-refractivity contribution in [2.24, 2.45) is 0 Å². The second-order valence-corrected chi connectivity index (χ2v) is 7.76. The summed E-state index contributed by atoms with van der Waals surface area (Å²) >= 11 is 0. The minimum Gasteiger partial charge on any atom is -0.274 e. The summed E-state index contributed by atoms with van der Waals surface area (Å²) in [5.74, 6) is -0.365. The molecule has 114 valence electrons. The highest BCUT2D eigenvalue weighted by molar-refractivity contribution is 7.89. The fourth-order valence-corrected chi connectivity index (χ4v) is 3.34. The summed E-state index contributed by atoms with van der Waals surface area (Å²) in [6.07, 6.45) is 0.233. The van der Waals surface area contributed by atoms with Gasteiger partial charge in [0.1, 0.15) is 0 Å². The average Bonchev–Trinajstić information content (AvgIpc) is 2.36. The maximum absolute atomic E-state index is 12.4. The van der Waals surface area contributed by atoms with Gasteiger partial charge in [0.2, 0.25) is 5.91 Å². The smallest absolute Gasteiger partial charge is 0.274 e. The van der Waals surface area contributed by atoms with Gasteiger partial charge in [-0.1, -0.05) is 17.7 Å². The number of sulfonamides is 1. The van der Waals surface area contributed by atoms with Crippen molar-refractivity contribution in [1.29, 1.82) is 0 Å². The molecule has 0 radical (unpaired) electrons. The third-order valence-electron chi connectivity index (χ3n) is 3.58. The van der Waals surface area contributed by atoms with E-state index in [0.717, 1.165) is 10.5 Å². The molecule has 0 bridgehead atoms. The minimum absolute atomic E-state index is 0.0229. The zero-order chi connectivity index (χ0) is 16.0. The van der Waals surface area contributed by atoms with E-state index in [1.807, 2.05) is 6.92 Å². The number of amides is 3. The monoisotopic (exact) mass is 310 g/mol. The Bertz CT molecular complexity index is 692. The van der Waals surface area contributed by atoms with Crippen LogP contribution in [0.5, 0.6) is 0 Å². The fraction of sp³-hybridized carbons (Fsp3) is 0.429. The Morgan fingerprint density at radius 1 is 1.24 bits per heavy atom. The SMILES string of the molecule is Cc1ccc(S(=O)(=O)N(C)C(=O)N2C(=O)CC2(C)C)cc1. The van der Waals surface area contributed by atoms with E-state index < -0.39 is 21.6 Å². The normalized spacial score (nSPS) is 17.3. The van der Waals surface area contributed by atoms with Crippen molar-refractivity contribution in [2.75, 3.05) is 7.05 Å². The number of rotatable bonds is 2. The van der Waals surface area contributed by atoms with E-state index in [4.69, 9.17) is 0 Å². The summed E-state index contributed by atoms with van der Waals surface area (Å²) in [7, 11) is -2.79. The van der Waals surface area contributed by atoms with Crippen LogP contribution in [0.2, 0.25) is 0 Å². The largest absolute Gasteiger partial charge is 0.340 e. The highest BCUT2D eigenvalue weighted by atomic mass is 32.2. The molecule has 0 saturated carbocycles. The summed E-state index contributed by atoms with van der Waals surface area (Å²) in [6, 6.07) is 5.37. The number of hydrogen-bond donors (Lipinski definition) is 0. The van der Waals surface area contributed by atoms with Gasteiger partial charge in [0.25, 0.3) is 10.0 Å². The number of carbonyl (C=O) groups excluding carboxylic acids is 2. The van der Waals surface area contributed by atoms with Gasteiger partial charge in [0.15, 0.2) is 0 Å². The van der Waals surface area contributed by atoms with Crippen molar-refractivity contribution in [3.05, 3.63) is 29.8 Å². The highest BCUT2D eigenvalue weighted by Gasteiger charge is 2.49. The number of urea groups is 1. The third-order valence-corrected chi connectivity index (χ3v) is 5.32. The molecule has 1 aliphatic rings. The first-order valence-corrected chi connectivity index (χ1v) is 7.94. The van der Waals surface area contributed by atoms with E-state index in [1.165, 1.54) is 19.2 Å². The molecule has 2 rings (SSSR count). The van der Waals surface area contributed by atoms with Crippen LogP contribution < -0.4 is 0 Å². The van der Waals surface area contributed by atoms with Crippen molar-refractivity contribution in [1.82, 2.24) is 9.21 Å². The molecule has 1 aromatic rings. The van der Waals surface area contributed by atoms with Gasteiger partial charge >= 0.3 is 6.03 Å². The molecule has 0 aliphatic carbocycles. The number of β-lactam (4-membered cyclic amide) rings is 1. The lowest BCUT2D eigenvalue weighted by Gasteiger charge is -2.46. The Kier molecular flexibility index (Phi) is 3.57. The van der Waals surface area contributed by atoms with Crippen molar-refractivity contribution in [3.8, 4) is 0 Å². The first-order valence-electron chi connectivity index (χ1n) is 6.50. The van der Waals surface area contributed by atoms with Crippen LogP contribution in [0.4, 0.5) is 4.79 Å². The molecule has 1 aromatic carbocycles. The molecule has 21 heavy (non-hydrogen) atoms. The minimum atomic E-state index is -3.96. The molecule has 6 nitrogen and oxygen atoms in total. The fourth-order valence-electron chi connectivity index (χ4n) is 2.25. The first kappa shape index (κ1) is 15.5. The van der Waals surface area contributed by atoms with E-state index in [1.54, 1.807) is 26.0 Å². The van der Waals surface area contributed by atoms with Gasteiger partial charge in [-0.25, -0.2) is 17.5 Å². The predicted octanol–water partition coefficient (Wildman–Crippen LogP) is 1.75. The second kappa shape index (κ2) is 4.84. The average molecular weight is 310 g/mol. The van der Waals surface area contributed by atoms with E-state index in [-0.39, 0.29) is 17.2 Å². The topological polar surface area (TPSA) is 74.8 Å². The van der Waals surface area contributed by atoms with Gasteiger partial charge in [0.05, 0.1) is 16.9 Å². The van der Waals surface area contributed by atoms with E-state index >= 15 is 0 Å². The standard InChI is InChI=1S/C14H18N2O4S/c1-10-5-7-11(8-6-10)21(19,20)15(4)13(18)16-12(17)9-14(16,2)3/h5-8H,9H2,1-4H3. The number of benzene rings is 1. The summed E-state index contributed by atoms with van der Waals surface area (Å²) in [6.45, 7) is 5.28. The van der Waals surface area contributed by atoms with Gasteiger partial charge in [-0.05, 0) is 32.9 Å². The van der Waals surface area contributed by atoms with Crippen LogP contribution in [-0.2, 0) is 14.8 Å². The van der Waals surface area contributed by atoms with Crippen LogP contribution in [0.25, 0.3) is 0 Å². The lowest BCUT2D eigenvalue weighted by atomic mass is 9.89. The summed E-state index contributed by atoms with van der Waals surface area (Å²) in [5.41, 5.74) is 0.271. The molecule has 1 fully saturated rings. The van der Waals surface area contributed by atoms with Gasteiger partial charge in [0, 0.05) is 7.05 Å². The maximum Gasteiger partial charge on any atom is 0.340 e. The number of carbonyl (C=O) groups is 2. The van der Waals surface area contributed by atoms with Crippen molar-refractivity contribution < 1.29 is 18.0 Å². The van der Waals surface area contributed by atoms with Crippen LogP contribution in [0.1, 0.15) is 25.8 Å². The molecule has 1 saturated heterocycles. The Morgan fingerprint density at radius 3 is 2.19 bits per heavy atom. The third kappa shape index (κ3) is 2.53. The van der Waals surface area contributed by atoms with Crippen molar-refractivity contribution in [3.63, 3.8) is 0 Å². The number of aryl methyl sites for hydroxylation is 1. The van der Waals surface area contributed by atoms with Gasteiger partial charge in [-0.3, -0.25) is 9.69 Å². The summed E-state index contributed by atoms with van der Waals surface area (Å²) in [5, 5.41) is 0. The Balaban J connectivity index is 2.30. The maximum atomic E-state index is 12.4. The number of imide groups is 1. The highest BCUT2D eigenvalue weighted by Crippen LogP contribution is 2.32. The Morgan fingerprint density at radius 2 is 1.76 bits per heavy atom. The lowest BCUT2D eigenvalue weighted by molar-refractivity contribution is -0.147. The van der Waals surface area contributed by atoms with Crippen LogP contribution >= 0.6 is 0 Å². The quantitative estimate of drug-likeness (QED) is 0.780. The molecule has 7 heteroatoms. The zero-order valence-corrected chi connectivity index (χ0v) is 13.3. The molecule has 0 N–H and O–H groups in total. The number of nitrogens with zero attached hydrogens (tertiary/aromatic N) is 2. The molecule has 0 unspecified atom stereocenters. The van der Waals surface area contributed by atoms with Crippen LogP contribution in [-0.4, -0.2) is 42.1 Å². The molecule has 1 aliphatic heterocycles. The lowest BCUT2D eigenvalue weighted by Crippen LogP contribution is -2.65. The van der Waals surface area contributed by atoms with E-state index in [9.17, 15) is 18.0 Å². The van der Waals surface area contributed by atoms with Crippen LogP contribution in [0.3, 0.4) is 0 Å². The van der Waals surface area contributed by atoms with Crippen molar-refractivity contribution in [2.45, 2.75) is 37.6 Å². The molecule has 0 spiro atoms. The molecular weight excluding hydrogens is 292 g/mol. The first-order chi connectivity index (χ1) is 9.57. The van der Waals surface area contributed by atoms with Crippen LogP contribution in [0, 0.1) is 6.92 Å². The molecule has 0 atom stereocenters. The van der Waals surface area contributed by atoms with E-state index in [2.05, 4.69) is 0 Å². The van der Waals surface area contributed by atoms with Crippen molar-refractivity contribution >= 4 is 22.0 Å². The van der Waals surface area contributed by atoms with Gasteiger partial charge in [-0.2, -0.15) is 0 Å². The second-order valence-electron chi connectivity index (χ2n) is 5.79. The van der Waals surface area contributed by atoms with E-state index in [0.29, 0.717) is 4.31 Å². The molecule has 3 amide bonds.